The minimum absolute atomic E-state index is 0.241. The lowest BCUT2D eigenvalue weighted by atomic mass is 10.4. The van der Waals surface area contributed by atoms with Crippen molar-refractivity contribution in [3.8, 4) is 16.9 Å². The Kier molecular flexibility index (Phi) is 3.13. The van der Waals surface area contributed by atoms with Crippen molar-refractivity contribution in [2.45, 2.75) is 0 Å². The fourth-order valence-corrected chi connectivity index (χ4v) is 1.45. The lowest BCUT2D eigenvalue weighted by Gasteiger charge is -1.98. The van der Waals surface area contributed by atoms with E-state index in [-0.39, 0.29) is 5.15 Å². The second kappa shape index (κ2) is 4.56. The summed E-state index contributed by atoms with van der Waals surface area (Å²) in [5.41, 5.74) is 1.01. The third-order valence-corrected chi connectivity index (χ3v) is 2.21. The van der Waals surface area contributed by atoms with Gasteiger partial charge in [-0.3, -0.25) is 4.98 Å². The van der Waals surface area contributed by atoms with Gasteiger partial charge in [0.05, 0.1) is 23.6 Å². The number of halogens is 2. The highest BCUT2D eigenvalue weighted by molar-refractivity contribution is 7.85. The molecule has 0 bridgehead atoms. The van der Waals surface area contributed by atoms with Crippen LogP contribution in [0.3, 0.4) is 0 Å². The van der Waals surface area contributed by atoms with E-state index in [0.717, 1.165) is 6.20 Å². The Labute approximate surface area is 102 Å². The summed E-state index contributed by atoms with van der Waals surface area (Å²) >= 11 is 9.59. The lowest BCUT2D eigenvalue weighted by Crippen LogP contribution is -1.95. The lowest BCUT2D eigenvalue weighted by molar-refractivity contribution is 0.618. The van der Waals surface area contributed by atoms with Crippen LogP contribution in [0.5, 0.6) is 0 Å². The third-order valence-electron chi connectivity index (χ3n) is 1.81. The van der Waals surface area contributed by atoms with Crippen molar-refractivity contribution in [3.63, 3.8) is 0 Å². The summed E-state index contributed by atoms with van der Waals surface area (Å²) in [6.07, 6.45) is 4.18. The van der Waals surface area contributed by atoms with Crippen LogP contribution in [0, 0.1) is 17.0 Å². The normalized spacial score (nSPS) is 9.69. The summed E-state index contributed by atoms with van der Waals surface area (Å²) in [5.74, 6) is 2.23. The van der Waals surface area contributed by atoms with Crippen molar-refractivity contribution in [1.82, 2.24) is 14.8 Å². The molecular weight excluding hydrogens is 249 g/mol. The van der Waals surface area contributed by atoms with E-state index in [1.54, 1.807) is 6.20 Å². The maximum atomic E-state index is 12.9. The molecule has 0 aliphatic heterocycles. The largest absolute Gasteiger partial charge is 0.259 e. The summed E-state index contributed by atoms with van der Waals surface area (Å²) in [6.45, 7) is 0. The van der Waals surface area contributed by atoms with E-state index in [1.807, 2.05) is 0 Å². The Hall–Kier alpha value is -1.51. The second-order valence-corrected chi connectivity index (χ2v) is 3.46. The number of pyridine rings is 1. The minimum Gasteiger partial charge on any atom is -0.259 e. The van der Waals surface area contributed by atoms with Crippen molar-refractivity contribution >= 4 is 24.2 Å². The van der Waals surface area contributed by atoms with Gasteiger partial charge in [-0.15, -0.1) is 0 Å². The first kappa shape index (κ1) is 11.0. The summed E-state index contributed by atoms with van der Waals surface area (Å²) in [6, 6.07) is 1.30. The van der Waals surface area contributed by atoms with E-state index in [4.69, 9.17) is 11.6 Å². The molecule has 0 spiro atoms. The van der Waals surface area contributed by atoms with Gasteiger partial charge in [-0.25, -0.2) is 9.07 Å². The second-order valence-electron chi connectivity index (χ2n) is 2.88. The Morgan fingerprint density at radius 1 is 1.44 bits per heavy atom. The molecule has 6 heteroatoms. The van der Waals surface area contributed by atoms with Gasteiger partial charge in [0.2, 0.25) is 0 Å². The zero-order valence-corrected chi connectivity index (χ0v) is 9.50. The molecule has 2 aromatic rings. The van der Waals surface area contributed by atoms with Crippen molar-refractivity contribution in [1.29, 1.82) is 0 Å². The molecule has 2 rings (SSSR count). The number of aromatic nitrogens is 3. The highest BCUT2D eigenvalue weighted by Crippen LogP contribution is 2.15. The van der Waals surface area contributed by atoms with Crippen molar-refractivity contribution in [3.05, 3.63) is 41.2 Å². The first-order chi connectivity index (χ1) is 7.70. The zero-order chi connectivity index (χ0) is 11.5. The van der Waals surface area contributed by atoms with Crippen LogP contribution in [0.4, 0.5) is 4.39 Å². The van der Waals surface area contributed by atoms with Gasteiger partial charge in [0.1, 0.15) is 5.82 Å². The molecule has 80 valence electrons. The van der Waals surface area contributed by atoms with Gasteiger partial charge in [0, 0.05) is 12.3 Å². The zero-order valence-electron chi connectivity index (χ0n) is 7.85. The smallest absolute Gasteiger partial charge is 0.167 e. The number of rotatable bonds is 1. The summed E-state index contributed by atoms with van der Waals surface area (Å²) in [7, 11) is 0. The topological polar surface area (TPSA) is 30.7 Å². The van der Waals surface area contributed by atoms with Crippen molar-refractivity contribution in [2.24, 2.45) is 0 Å². The predicted octanol–water partition coefficient (Wildman–Crippen LogP) is 2.30. The van der Waals surface area contributed by atoms with Crippen LogP contribution in [0.15, 0.2) is 24.7 Å². The molecule has 0 fully saturated rings. The molecule has 0 saturated heterocycles. The van der Waals surface area contributed by atoms with Gasteiger partial charge < -0.3 is 0 Å². The van der Waals surface area contributed by atoms with E-state index < -0.39 is 5.82 Å². The van der Waals surface area contributed by atoms with Gasteiger partial charge in [0.25, 0.3) is 0 Å². The van der Waals surface area contributed by atoms with Gasteiger partial charge >= 0.3 is 0 Å². The molecule has 0 saturated carbocycles. The first-order valence-electron chi connectivity index (χ1n) is 4.22. The van der Waals surface area contributed by atoms with E-state index in [9.17, 15) is 4.39 Å². The summed E-state index contributed by atoms with van der Waals surface area (Å²) in [5, 5.41) is 6.64. The van der Waals surface area contributed by atoms with Gasteiger partial charge in [-0.2, -0.15) is 5.10 Å². The van der Waals surface area contributed by atoms with E-state index in [2.05, 4.69) is 33.9 Å². The molecule has 0 N–H and O–H groups in total. The van der Waals surface area contributed by atoms with Crippen molar-refractivity contribution < 1.29 is 4.39 Å². The van der Waals surface area contributed by atoms with E-state index in [0.29, 0.717) is 11.3 Å². The summed E-state index contributed by atoms with van der Waals surface area (Å²) in [4.78, 5) is 3.72. The predicted molar refractivity (Wildman–Crippen MR) is 62.2 cm³/mol. The quantitative estimate of drug-likeness (QED) is 0.625. The fraction of sp³-hybridized carbons (Fsp3) is 0. The SMILES string of the molecule is Fc1cncc(-n2cc(C#CS)c(Cl)n2)c1. The van der Waals surface area contributed by atoms with E-state index in [1.165, 1.54) is 16.9 Å². The van der Waals surface area contributed by atoms with Gasteiger partial charge in [-0.1, -0.05) is 30.2 Å². The van der Waals surface area contributed by atoms with Gasteiger partial charge in [0.15, 0.2) is 5.15 Å². The maximum absolute atomic E-state index is 12.9. The van der Waals surface area contributed by atoms with E-state index >= 15 is 0 Å². The van der Waals surface area contributed by atoms with Crippen LogP contribution >= 0.6 is 24.2 Å². The van der Waals surface area contributed by atoms with Crippen LogP contribution in [0.25, 0.3) is 5.69 Å². The molecule has 0 amide bonds. The number of thiol groups is 1. The molecule has 0 unspecified atom stereocenters. The number of nitrogens with zero attached hydrogens (tertiary/aromatic N) is 3. The Morgan fingerprint density at radius 3 is 2.94 bits per heavy atom. The average molecular weight is 254 g/mol. The van der Waals surface area contributed by atoms with Crippen LogP contribution in [0.2, 0.25) is 5.15 Å². The molecule has 3 nitrogen and oxygen atoms in total. The first-order valence-corrected chi connectivity index (χ1v) is 5.04. The average Bonchev–Trinajstić information content (AvgIpc) is 2.61. The molecule has 16 heavy (non-hydrogen) atoms. The van der Waals surface area contributed by atoms with Gasteiger partial charge in [-0.05, 0) is 5.25 Å². The maximum Gasteiger partial charge on any atom is 0.167 e. The highest BCUT2D eigenvalue weighted by atomic mass is 35.5. The highest BCUT2D eigenvalue weighted by Gasteiger charge is 2.06. The Balaban J connectivity index is 2.48. The minimum atomic E-state index is -0.439. The number of hydrogen-bond donors (Lipinski definition) is 1. The number of hydrogen-bond acceptors (Lipinski definition) is 3. The fourth-order valence-electron chi connectivity index (χ4n) is 1.16. The Bertz CT molecular complexity index is 585. The van der Waals surface area contributed by atoms with Crippen LogP contribution in [-0.4, -0.2) is 14.8 Å². The summed E-state index contributed by atoms with van der Waals surface area (Å²) < 4.78 is 14.3. The Morgan fingerprint density at radius 2 is 2.25 bits per heavy atom. The van der Waals surface area contributed by atoms with Crippen LogP contribution in [0.1, 0.15) is 5.56 Å². The molecule has 2 aromatic heterocycles. The molecule has 0 aromatic carbocycles. The van der Waals surface area contributed by atoms with Crippen LogP contribution in [-0.2, 0) is 0 Å². The monoisotopic (exact) mass is 253 g/mol. The third kappa shape index (κ3) is 2.18. The molecular formula is C10H5ClFN3S. The molecule has 0 radical (unpaired) electrons. The van der Waals surface area contributed by atoms with Crippen molar-refractivity contribution in [2.75, 3.05) is 0 Å². The van der Waals surface area contributed by atoms with Crippen LogP contribution < -0.4 is 0 Å². The molecule has 0 aliphatic carbocycles. The molecule has 2 heterocycles. The standard InChI is InChI=1S/C10H5ClFN3S/c11-10-7(1-2-16)6-15(14-10)9-3-8(12)4-13-5-9/h3-6,16H. The molecule has 0 aliphatic rings. The molecule has 0 atom stereocenters.